The highest BCUT2D eigenvalue weighted by atomic mass is 16.7. The number of hydrogen-bond donors (Lipinski definition) is 1. The Morgan fingerprint density at radius 3 is 0.941 bits per heavy atom. The zero-order valence-electron chi connectivity index (χ0n) is 46.1. The lowest BCUT2D eigenvalue weighted by Crippen LogP contribution is -2.40. The highest BCUT2D eigenvalue weighted by Gasteiger charge is 2.25. The van der Waals surface area contributed by atoms with Gasteiger partial charge in [0.1, 0.15) is 13.2 Å². The van der Waals surface area contributed by atoms with Crippen molar-refractivity contribution in [2.75, 3.05) is 47.5 Å². The first-order valence-electron chi connectivity index (χ1n) is 29.7. The molecule has 1 N–H and O–H groups in total. The van der Waals surface area contributed by atoms with E-state index in [0.29, 0.717) is 17.4 Å². The molecule has 0 saturated heterocycles. The van der Waals surface area contributed by atoms with Crippen molar-refractivity contribution >= 4 is 17.9 Å². The molecule has 0 aromatic carbocycles. The minimum Gasteiger partial charge on any atom is -0.477 e. The number of carboxylic acids is 1. The third-order valence-electron chi connectivity index (χ3n) is 13.6. The molecule has 0 radical (unpaired) electrons. The molecule has 0 rings (SSSR count). The van der Waals surface area contributed by atoms with Crippen molar-refractivity contribution in [2.24, 2.45) is 0 Å². The standard InChI is InChI=1S/C59H115NO8/c1-6-8-10-12-14-16-18-20-22-24-26-28-30-32-34-36-38-40-42-44-46-48-50-57(62)68-55(54-67-59(58(63)64)65-52-51-60(3,4)5)53-66-56(61)49-47-45-43-41-39-37-35-33-31-29-27-25-23-21-19-17-15-13-11-9-7-2/h55,59H,6-54H2,1-5H3/p+1. The Morgan fingerprint density at radius 1 is 0.382 bits per heavy atom. The molecule has 2 atom stereocenters. The number of aliphatic carboxylic acids is 1. The van der Waals surface area contributed by atoms with E-state index in [1.165, 1.54) is 238 Å². The van der Waals surface area contributed by atoms with Crippen molar-refractivity contribution in [2.45, 2.75) is 315 Å². The smallest absolute Gasteiger partial charge is 0.361 e. The molecule has 0 bridgehead atoms. The molecule has 0 aliphatic heterocycles. The number of carboxylic acid groups (broad SMARTS) is 1. The molecule has 2 unspecified atom stereocenters. The van der Waals surface area contributed by atoms with Gasteiger partial charge >= 0.3 is 17.9 Å². The van der Waals surface area contributed by atoms with Crippen LogP contribution in [0.25, 0.3) is 0 Å². The van der Waals surface area contributed by atoms with Gasteiger partial charge in [-0.25, -0.2) is 4.79 Å². The number of carbonyl (C=O) groups excluding carboxylic acids is 2. The normalized spacial score (nSPS) is 12.7. The van der Waals surface area contributed by atoms with Gasteiger partial charge in [-0.2, -0.15) is 0 Å². The van der Waals surface area contributed by atoms with E-state index in [1.807, 2.05) is 21.1 Å². The maximum atomic E-state index is 12.9. The molecule has 9 nitrogen and oxygen atoms in total. The minimum atomic E-state index is -1.50. The number of rotatable bonds is 56. The molecular formula is C59H116NO8+. The van der Waals surface area contributed by atoms with Crippen molar-refractivity contribution in [3.8, 4) is 0 Å². The van der Waals surface area contributed by atoms with Crippen LogP contribution in [-0.2, 0) is 33.3 Å². The summed E-state index contributed by atoms with van der Waals surface area (Å²) in [5.41, 5.74) is 0. The summed E-state index contributed by atoms with van der Waals surface area (Å²) in [6.07, 6.45) is 54.6. The number of hydrogen-bond acceptors (Lipinski definition) is 7. The average molecular weight is 968 g/mol. The van der Waals surface area contributed by atoms with Gasteiger partial charge in [0.25, 0.3) is 6.29 Å². The largest absolute Gasteiger partial charge is 0.477 e. The van der Waals surface area contributed by atoms with Crippen LogP contribution in [0.2, 0.25) is 0 Å². The van der Waals surface area contributed by atoms with E-state index in [1.54, 1.807) is 0 Å². The van der Waals surface area contributed by atoms with E-state index < -0.39 is 18.4 Å². The predicted molar refractivity (Wildman–Crippen MR) is 286 cm³/mol. The van der Waals surface area contributed by atoms with Crippen LogP contribution in [0.1, 0.15) is 303 Å². The van der Waals surface area contributed by atoms with Gasteiger partial charge in [-0.3, -0.25) is 9.59 Å². The van der Waals surface area contributed by atoms with Gasteiger partial charge in [-0.15, -0.1) is 0 Å². The Bertz CT molecular complexity index is 1080. The fraction of sp³-hybridized carbons (Fsp3) is 0.949. The van der Waals surface area contributed by atoms with Gasteiger partial charge in [-0.1, -0.05) is 277 Å². The molecule has 0 aromatic rings. The summed E-state index contributed by atoms with van der Waals surface area (Å²) < 4.78 is 22.9. The molecule has 0 heterocycles. The van der Waals surface area contributed by atoms with Gasteiger partial charge in [0.15, 0.2) is 6.10 Å². The predicted octanol–water partition coefficient (Wildman–Crippen LogP) is 17.2. The van der Waals surface area contributed by atoms with Crippen molar-refractivity contribution in [1.82, 2.24) is 0 Å². The summed E-state index contributed by atoms with van der Waals surface area (Å²) in [6.45, 7) is 4.95. The first-order chi connectivity index (χ1) is 33.1. The van der Waals surface area contributed by atoms with Crippen LogP contribution in [0.5, 0.6) is 0 Å². The third-order valence-corrected chi connectivity index (χ3v) is 13.6. The second kappa shape index (κ2) is 51.6. The fourth-order valence-corrected chi connectivity index (χ4v) is 9.02. The van der Waals surface area contributed by atoms with E-state index in [0.717, 1.165) is 38.5 Å². The fourth-order valence-electron chi connectivity index (χ4n) is 9.02. The van der Waals surface area contributed by atoms with Gasteiger partial charge in [0.2, 0.25) is 0 Å². The van der Waals surface area contributed by atoms with E-state index >= 15 is 0 Å². The highest BCUT2D eigenvalue weighted by Crippen LogP contribution is 2.18. The minimum absolute atomic E-state index is 0.172. The van der Waals surface area contributed by atoms with Crippen molar-refractivity contribution in [1.29, 1.82) is 0 Å². The molecule has 404 valence electrons. The number of ether oxygens (including phenoxy) is 4. The lowest BCUT2D eigenvalue weighted by Gasteiger charge is -2.25. The number of carbonyl (C=O) groups is 3. The summed E-state index contributed by atoms with van der Waals surface area (Å²) >= 11 is 0. The maximum absolute atomic E-state index is 12.9. The number of esters is 2. The molecule has 0 aliphatic carbocycles. The van der Waals surface area contributed by atoms with E-state index in [9.17, 15) is 19.5 Å². The molecular weight excluding hydrogens is 851 g/mol. The molecule has 0 aromatic heterocycles. The summed E-state index contributed by atoms with van der Waals surface area (Å²) in [7, 11) is 5.98. The number of quaternary nitrogens is 1. The summed E-state index contributed by atoms with van der Waals surface area (Å²) in [5, 5.41) is 9.70. The molecule has 0 fully saturated rings. The third kappa shape index (κ3) is 52.1. The molecule has 0 amide bonds. The number of nitrogens with zero attached hydrogens (tertiary/aromatic N) is 1. The first-order valence-corrected chi connectivity index (χ1v) is 29.7. The second-order valence-corrected chi connectivity index (χ2v) is 21.7. The van der Waals surface area contributed by atoms with Crippen LogP contribution in [0, 0.1) is 0 Å². The Balaban J connectivity index is 4.18. The van der Waals surface area contributed by atoms with Crippen molar-refractivity contribution in [3.63, 3.8) is 0 Å². The van der Waals surface area contributed by atoms with Crippen LogP contribution in [0.15, 0.2) is 0 Å². The Labute approximate surface area is 422 Å². The molecule has 9 heteroatoms. The van der Waals surface area contributed by atoms with Crippen molar-refractivity contribution < 1.29 is 42.9 Å². The molecule has 0 aliphatic rings. The molecule has 0 saturated carbocycles. The first kappa shape index (κ1) is 66.3. The zero-order chi connectivity index (χ0) is 49.9. The van der Waals surface area contributed by atoms with Crippen LogP contribution in [0.4, 0.5) is 0 Å². The second-order valence-electron chi connectivity index (χ2n) is 21.7. The van der Waals surface area contributed by atoms with E-state index in [4.69, 9.17) is 18.9 Å². The van der Waals surface area contributed by atoms with Crippen LogP contribution < -0.4 is 0 Å². The number of unbranched alkanes of at least 4 members (excludes halogenated alkanes) is 41. The van der Waals surface area contributed by atoms with E-state index in [-0.39, 0.29) is 38.2 Å². The van der Waals surface area contributed by atoms with Gasteiger partial charge in [-0.05, 0) is 12.8 Å². The summed E-state index contributed by atoms with van der Waals surface area (Å²) in [4.78, 5) is 37.4. The monoisotopic (exact) mass is 967 g/mol. The lowest BCUT2D eigenvalue weighted by atomic mass is 10.0. The van der Waals surface area contributed by atoms with Crippen LogP contribution in [-0.4, -0.2) is 87.4 Å². The Kier molecular flexibility index (Phi) is 50.3. The quantitative estimate of drug-likeness (QED) is 0.0278. The lowest BCUT2D eigenvalue weighted by molar-refractivity contribution is -0.870. The van der Waals surface area contributed by atoms with Crippen molar-refractivity contribution in [3.05, 3.63) is 0 Å². The summed E-state index contributed by atoms with van der Waals surface area (Å²) in [6, 6.07) is 0. The summed E-state index contributed by atoms with van der Waals surface area (Å²) in [5.74, 6) is -1.97. The molecule has 68 heavy (non-hydrogen) atoms. The maximum Gasteiger partial charge on any atom is 0.361 e. The van der Waals surface area contributed by atoms with Crippen LogP contribution in [0.3, 0.4) is 0 Å². The highest BCUT2D eigenvalue weighted by molar-refractivity contribution is 5.71. The Morgan fingerprint density at radius 2 is 0.662 bits per heavy atom. The SMILES string of the molecule is CCCCCCCCCCCCCCCCCCCCCCCCC(=O)OC(COC(=O)CCCCCCCCCCCCCCCCCCCCCCC)COC(OCC[N+](C)(C)C)C(=O)O. The molecule has 0 spiro atoms. The Hall–Kier alpha value is -1.71. The van der Waals surface area contributed by atoms with Crippen LogP contribution >= 0.6 is 0 Å². The number of likely N-dealkylation sites (N-methyl/N-ethyl adjacent to an activating group) is 1. The van der Waals surface area contributed by atoms with E-state index in [2.05, 4.69) is 13.8 Å². The van der Waals surface area contributed by atoms with Gasteiger partial charge in [0, 0.05) is 12.8 Å². The van der Waals surface area contributed by atoms with Gasteiger partial charge in [0.05, 0.1) is 34.4 Å². The average Bonchev–Trinajstić information content (AvgIpc) is 3.30. The van der Waals surface area contributed by atoms with Gasteiger partial charge < -0.3 is 28.5 Å². The topological polar surface area (TPSA) is 108 Å². The zero-order valence-corrected chi connectivity index (χ0v) is 46.1.